The Labute approximate surface area is 175 Å². The average molecular weight is 437 g/mol. The van der Waals surface area contributed by atoms with Gasteiger partial charge in [-0.15, -0.1) is 0 Å². The molecule has 0 fully saturated rings. The minimum Gasteiger partial charge on any atom is -0.462 e. The maximum atomic E-state index is 13.1. The van der Waals surface area contributed by atoms with Gasteiger partial charge in [-0.1, -0.05) is 20.3 Å². The quantitative estimate of drug-likeness (QED) is 0.455. The normalized spacial score (nSPS) is 11.3. The lowest BCUT2D eigenvalue weighted by Gasteiger charge is -2.20. The Kier molecular flexibility index (Phi) is 8.49. The molecule has 0 unspecified atom stereocenters. The molecular weight excluding hydrogens is 411 g/mol. The number of esters is 1. The molecule has 7 nitrogen and oxygen atoms in total. The number of sulfonamides is 1. The largest absolute Gasteiger partial charge is 0.462 e. The van der Waals surface area contributed by atoms with Gasteiger partial charge in [0.1, 0.15) is 5.82 Å². The van der Waals surface area contributed by atoms with E-state index in [0.29, 0.717) is 17.9 Å². The highest BCUT2D eigenvalue weighted by molar-refractivity contribution is 7.89. The van der Waals surface area contributed by atoms with Crippen molar-refractivity contribution in [2.24, 2.45) is 0 Å². The zero-order valence-electron chi connectivity index (χ0n) is 16.9. The average Bonchev–Trinajstić information content (AvgIpc) is 2.72. The summed E-state index contributed by atoms with van der Waals surface area (Å²) in [5, 5.41) is 2.60. The molecule has 162 valence electrons. The number of nitrogens with zero attached hydrogens (tertiary/aromatic N) is 1. The molecule has 0 aliphatic carbocycles. The first-order valence-electron chi connectivity index (χ1n) is 9.60. The maximum Gasteiger partial charge on any atom is 0.338 e. The zero-order chi connectivity index (χ0) is 22.1. The van der Waals surface area contributed by atoms with Crippen molar-refractivity contribution in [2.45, 2.75) is 31.6 Å². The van der Waals surface area contributed by atoms with E-state index in [4.69, 9.17) is 4.74 Å². The Morgan fingerprint density at radius 1 is 1.03 bits per heavy atom. The Hall–Kier alpha value is -2.78. The number of amides is 1. The summed E-state index contributed by atoms with van der Waals surface area (Å²) in [4.78, 5) is 24.1. The summed E-state index contributed by atoms with van der Waals surface area (Å²) in [6, 6.07) is 10.5. The molecule has 0 radical (unpaired) electrons. The SMILES string of the molecule is CCCCOC(=O)c1ccc(NC(=O)CN(CC)S(=O)(=O)c2ccc(F)cc2)cc1. The van der Waals surface area contributed by atoms with E-state index in [9.17, 15) is 22.4 Å². The van der Waals surface area contributed by atoms with Crippen LogP contribution in [-0.2, 0) is 19.6 Å². The molecule has 0 saturated carbocycles. The molecule has 1 N–H and O–H groups in total. The smallest absolute Gasteiger partial charge is 0.338 e. The van der Waals surface area contributed by atoms with Crippen LogP contribution in [0.3, 0.4) is 0 Å². The minimum absolute atomic E-state index is 0.0651. The molecule has 2 aromatic carbocycles. The first-order valence-corrected chi connectivity index (χ1v) is 11.0. The molecule has 0 atom stereocenters. The summed E-state index contributed by atoms with van der Waals surface area (Å²) < 4.78 is 44.5. The van der Waals surface area contributed by atoms with Gasteiger partial charge in [0, 0.05) is 12.2 Å². The zero-order valence-corrected chi connectivity index (χ0v) is 17.7. The number of carbonyl (C=O) groups is 2. The molecule has 9 heteroatoms. The maximum absolute atomic E-state index is 13.1. The van der Waals surface area contributed by atoms with Gasteiger partial charge in [0.15, 0.2) is 0 Å². The molecule has 0 spiro atoms. The van der Waals surface area contributed by atoms with Crippen molar-refractivity contribution in [3.05, 3.63) is 59.9 Å². The van der Waals surface area contributed by atoms with E-state index in [1.165, 1.54) is 12.1 Å². The lowest BCUT2D eigenvalue weighted by Crippen LogP contribution is -2.37. The molecule has 0 aliphatic heterocycles. The lowest BCUT2D eigenvalue weighted by molar-refractivity contribution is -0.116. The molecule has 0 saturated heterocycles. The number of ether oxygens (including phenoxy) is 1. The predicted molar refractivity (Wildman–Crippen MR) is 111 cm³/mol. The van der Waals surface area contributed by atoms with Crippen LogP contribution in [0.5, 0.6) is 0 Å². The van der Waals surface area contributed by atoms with Crippen LogP contribution in [0.4, 0.5) is 10.1 Å². The second kappa shape index (κ2) is 10.8. The highest BCUT2D eigenvalue weighted by Gasteiger charge is 2.25. The van der Waals surface area contributed by atoms with Crippen LogP contribution in [-0.4, -0.2) is 44.3 Å². The third kappa shape index (κ3) is 6.36. The number of hydrogen-bond acceptors (Lipinski definition) is 5. The van der Waals surface area contributed by atoms with Crippen molar-refractivity contribution in [2.75, 3.05) is 25.0 Å². The van der Waals surface area contributed by atoms with E-state index >= 15 is 0 Å². The van der Waals surface area contributed by atoms with Gasteiger partial charge >= 0.3 is 5.97 Å². The van der Waals surface area contributed by atoms with Crippen molar-refractivity contribution < 1.29 is 27.1 Å². The van der Waals surface area contributed by atoms with Crippen molar-refractivity contribution in [1.29, 1.82) is 0 Å². The summed E-state index contributed by atoms with van der Waals surface area (Å²) in [6.07, 6.45) is 1.71. The number of anilines is 1. The number of hydrogen-bond donors (Lipinski definition) is 1. The van der Waals surface area contributed by atoms with Gasteiger partial charge in [-0.05, 0) is 55.0 Å². The molecular formula is C21H25FN2O5S. The third-order valence-electron chi connectivity index (χ3n) is 4.26. The van der Waals surface area contributed by atoms with Crippen molar-refractivity contribution >= 4 is 27.6 Å². The van der Waals surface area contributed by atoms with E-state index in [-0.39, 0.29) is 11.4 Å². The number of unbranched alkanes of at least 4 members (excludes halogenated alkanes) is 1. The molecule has 1 amide bonds. The molecule has 0 aromatic heterocycles. The van der Waals surface area contributed by atoms with Gasteiger partial charge in [0.05, 0.1) is 23.6 Å². The van der Waals surface area contributed by atoms with Crippen molar-refractivity contribution in [3.63, 3.8) is 0 Å². The summed E-state index contributed by atoms with van der Waals surface area (Å²) in [5.74, 6) is -1.53. The topological polar surface area (TPSA) is 92.8 Å². The van der Waals surface area contributed by atoms with Gasteiger partial charge in [-0.25, -0.2) is 17.6 Å². The Morgan fingerprint density at radius 3 is 2.23 bits per heavy atom. The summed E-state index contributed by atoms with van der Waals surface area (Å²) >= 11 is 0. The Balaban J connectivity index is 1.99. The number of nitrogens with one attached hydrogen (secondary N) is 1. The van der Waals surface area contributed by atoms with Crippen LogP contribution >= 0.6 is 0 Å². The van der Waals surface area contributed by atoms with Gasteiger partial charge in [0.2, 0.25) is 15.9 Å². The van der Waals surface area contributed by atoms with Crippen LogP contribution in [0.1, 0.15) is 37.0 Å². The highest BCUT2D eigenvalue weighted by atomic mass is 32.2. The molecule has 30 heavy (non-hydrogen) atoms. The van der Waals surface area contributed by atoms with E-state index < -0.39 is 34.3 Å². The van der Waals surface area contributed by atoms with E-state index in [1.54, 1.807) is 19.1 Å². The molecule has 0 aliphatic rings. The molecule has 2 aromatic rings. The highest BCUT2D eigenvalue weighted by Crippen LogP contribution is 2.17. The fraction of sp³-hybridized carbons (Fsp3) is 0.333. The standard InChI is InChI=1S/C21H25FN2O5S/c1-3-5-14-29-21(26)16-6-10-18(11-7-16)23-20(25)15-24(4-2)30(27,28)19-12-8-17(22)9-13-19/h6-13H,3-5,14-15H2,1-2H3,(H,23,25). The van der Waals surface area contributed by atoms with E-state index in [1.807, 2.05) is 6.92 Å². The number of carbonyl (C=O) groups excluding carboxylic acids is 2. The monoisotopic (exact) mass is 436 g/mol. The lowest BCUT2D eigenvalue weighted by atomic mass is 10.2. The van der Waals surface area contributed by atoms with E-state index in [2.05, 4.69) is 5.32 Å². The first-order chi connectivity index (χ1) is 14.3. The van der Waals surface area contributed by atoms with Gasteiger partial charge in [0.25, 0.3) is 0 Å². The third-order valence-corrected chi connectivity index (χ3v) is 6.19. The second-order valence-corrected chi connectivity index (χ2v) is 8.44. The van der Waals surface area contributed by atoms with Crippen molar-refractivity contribution in [1.82, 2.24) is 4.31 Å². The fourth-order valence-corrected chi connectivity index (χ4v) is 3.97. The van der Waals surface area contributed by atoms with Crippen LogP contribution in [0.2, 0.25) is 0 Å². The minimum atomic E-state index is -3.94. The van der Waals surface area contributed by atoms with Crippen LogP contribution in [0.25, 0.3) is 0 Å². The summed E-state index contributed by atoms with van der Waals surface area (Å²) in [6.45, 7) is 3.61. The fourth-order valence-electron chi connectivity index (χ4n) is 2.57. The van der Waals surface area contributed by atoms with E-state index in [0.717, 1.165) is 41.4 Å². The van der Waals surface area contributed by atoms with Gasteiger partial charge in [-0.2, -0.15) is 4.31 Å². The van der Waals surface area contributed by atoms with Crippen LogP contribution in [0.15, 0.2) is 53.4 Å². The predicted octanol–water partition coefficient (Wildman–Crippen LogP) is 3.43. The Morgan fingerprint density at radius 2 is 1.67 bits per heavy atom. The number of benzene rings is 2. The van der Waals surface area contributed by atoms with Crippen LogP contribution < -0.4 is 5.32 Å². The second-order valence-electron chi connectivity index (χ2n) is 6.50. The first kappa shape index (κ1) is 23.5. The summed E-state index contributed by atoms with van der Waals surface area (Å²) in [7, 11) is -3.94. The number of halogens is 1. The molecule has 2 rings (SSSR count). The molecule has 0 heterocycles. The van der Waals surface area contributed by atoms with Gasteiger partial charge < -0.3 is 10.1 Å². The Bertz CT molecular complexity index is 960. The van der Waals surface area contributed by atoms with Gasteiger partial charge in [-0.3, -0.25) is 4.79 Å². The van der Waals surface area contributed by atoms with Crippen LogP contribution in [0, 0.1) is 5.82 Å². The number of likely N-dealkylation sites (N-methyl/N-ethyl adjacent to an activating group) is 1. The summed E-state index contributed by atoms with van der Waals surface area (Å²) in [5.41, 5.74) is 0.776. The van der Waals surface area contributed by atoms with Crippen molar-refractivity contribution in [3.8, 4) is 0 Å². The molecule has 0 bridgehead atoms. The number of rotatable bonds is 10.